The van der Waals surface area contributed by atoms with Gasteiger partial charge >= 0.3 is 41.9 Å². The molecule has 0 radical (unpaired) electrons. The maximum atomic E-state index is 13.8. The van der Waals surface area contributed by atoms with Gasteiger partial charge < -0.3 is 60.1 Å². The SMILES string of the molecule is CCOC(=O)/C=C/c1ccccc1.CCOC(=O)C(O)C(Nc1ccc(Cl)cc1)c1ccccc1.CCOC(=O)C(O)C(c1ccccc1)N(C(=O)Nc1ccc(Cl)cc1)c1ccc(Cl)cc1.CCOC(=O)C1(O)C(c2ccccc2)N(c2ccc(Cl)cc2)C(=O)N1c1ccc(Cl)cc1.CCOC(=O)C1OC1c1ccccc1.Nc1ccc(Cl)cc1.O=C=Nc1ccc(Cl)cc1. The van der Waals surface area contributed by atoms with Gasteiger partial charge in [-0.15, -0.1) is 0 Å². The Balaban J connectivity index is 0.000000198. The average Bonchev–Trinajstić information content (AvgIpc) is 1.55. The number of esters is 5. The van der Waals surface area contributed by atoms with Gasteiger partial charge in [-0.25, -0.2) is 38.4 Å². The lowest BCUT2D eigenvalue weighted by Gasteiger charge is -2.34. The molecule has 8 unspecified atom stereocenters. The summed E-state index contributed by atoms with van der Waals surface area (Å²) in [5.41, 5.74) is 10.7. The van der Waals surface area contributed by atoms with Crippen LogP contribution >= 0.6 is 81.2 Å². The first-order valence-electron chi connectivity index (χ1n) is 40.8. The van der Waals surface area contributed by atoms with E-state index in [1.54, 1.807) is 265 Å². The monoisotopic (exact) mass is 1910 g/mol. The van der Waals surface area contributed by atoms with E-state index in [1.807, 2.05) is 97.1 Å². The molecule has 0 spiro atoms. The first-order chi connectivity index (χ1) is 63.2. The van der Waals surface area contributed by atoms with Crippen LogP contribution in [0.25, 0.3) is 6.08 Å². The number of anilines is 6. The molecule has 24 nitrogen and oxygen atoms in total. The molecular weight excluding hydrogens is 1820 g/mol. The fourth-order valence-electron chi connectivity index (χ4n) is 12.5. The van der Waals surface area contributed by atoms with Crippen molar-refractivity contribution < 1.29 is 82.1 Å². The molecule has 2 heterocycles. The maximum Gasteiger partial charge on any atom is 0.362 e. The summed E-state index contributed by atoms with van der Waals surface area (Å²) in [5.74, 6) is -2.99. The van der Waals surface area contributed by atoms with E-state index in [1.165, 1.54) is 22.0 Å². The molecule has 0 bridgehead atoms. The third-order valence-corrected chi connectivity index (χ3v) is 20.4. The summed E-state index contributed by atoms with van der Waals surface area (Å²) >= 11 is 41.0. The number of nitrogens with zero attached hydrogens (tertiary/aromatic N) is 4. The number of aliphatic hydroxyl groups excluding tert-OH is 2. The van der Waals surface area contributed by atoms with E-state index in [4.69, 9.17) is 115 Å². The summed E-state index contributed by atoms with van der Waals surface area (Å²) in [4.78, 5) is 104. The minimum atomic E-state index is -2.35. The zero-order chi connectivity index (χ0) is 94.8. The number of ether oxygens (including phenoxy) is 6. The second-order valence-corrected chi connectivity index (χ2v) is 30.7. The third-order valence-electron chi connectivity index (χ3n) is 18.6. The lowest BCUT2D eigenvalue weighted by atomic mass is 9.94. The molecule has 2 fully saturated rings. The Hall–Kier alpha value is -12.9. The number of aliphatic imine (C=N–C) groups is 1. The normalized spacial score (nSPS) is 15.1. The molecule has 12 aromatic rings. The zero-order valence-corrected chi connectivity index (χ0v) is 76.7. The molecule has 2 saturated heterocycles. The van der Waals surface area contributed by atoms with Crippen LogP contribution < -0.4 is 31.1 Å². The van der Waals surface area contributed by atoms with E-state index in [-0.39, 0.29) is 37.9 Å². The minimum absolute atomic E-state index is 0.0340. The maximum absolute atomic E-state index is 13.8. The first-order valence-corrected chi connectivity index (χ1v) is 43.4. The van der Waals surface area contributed by atoms with Crippen LogP contribution in [0.2, 0.25) is 35.2 Å². The number of urea groups is 2. The second-order valence-electron chi connectivity index (χ2n) is 27.6. The van der Waals surface area contributed by atoms with Crippen LogP contribution in [0.15, 0.2) is 333 Å². The largest absolute Gasteiger partial charge is 0.464 e. The highest BCUT2D eigenvalue weighted by Gasteiger charge is 2.64. The van der Waals surface area contributed by atoms with Crippen molar-refractivity contribution in [2.45, 2.75) is 82.9 Å². The molecular formula is C100H94Cl7N7O17. The van der Waals surface area contributed by atoms with Crippen molar-refractivity contribution in [3.63, 3.8) is 0 Å². The van der Waals surface area contributed by atoms with E-state index in [0.717, 1.165) is 38.0 Å². The third kappa shape index (κ3) is 32.0. The van der Waals surface area contributed by atoms with Gasteiger partial charge in [-0.1, -0.05) is 233 Å². The summed E-state index contributed by atoms with van der Waals surface area (Å²) in [6, 6.07) is 89.0. The van der Waals surface area contributed by atoms with E-state index in [9.17, 15) is 53.7 Å². The smallest absolute Gasteiger partial charge is 0.362 e. The molecule has 0 aliphatic carbocycles. The molecule has 0 saturated carbocycles. The molecule has 31 heteroatoms. The quantitative estimate of drug-likeness (QED) is 0.00589. The number of carbonyl (C=O) groups is 7. The van der Waals surface area contributed by atoms with Crippen molar-refractivity contribution in [2.75, 3.05) is 64.1 Å². The predicted octanol–water partition coefficient (Wildman–Crippen LogP) is 22.7. The number of isocyanates is 1. The number of benzene rings is 12. The lowest BCUT2D eigenvalue weighted by molar-refractivity contribution is -0.165. The molecule has 680 valence electrons. The van der Waals surface area contributed by atoms with E-state index in [2.05, 4.69) is 15.6 Å². The Labute approximate surface area is 794 Å². The van der Waals surface area contributed by atoms with Gasteiger partial charge in [0.1, 0.15) is 18.2 Å². The van der Waals surface area contributed by atoms with Crippen LogP contribution in [0.1, 0.15) is 86.7 Å². The van der Waals surface area contributed by atoms with Crippen LogP contribution in [0, 0.1) is 0 Å². The average molecular weight is 1910 g/mol. The first kappa shape index (κ1) is 103. The number of rotatable bonds is 25. The number of hydrogen-bond donors (Lipinski definition) is 6. The van der Waals surface area contributed by atoms with Gasteiger partial charge in [0.25, 0.3) is 5.72 Å². The van der Waals surface area contributed by atoms with E-state index in [0.29, 0.717) is 82.9 Å². The summed E-state index contributed by atoms with van der Waals surface area (Å²) in [5, 5.41) is 43.1. The molecule has 4 amide bonds. The number of amides is 4. The number of halogens is 7. The minimum Gasteiger partial charge on any atom is -0.464 e. The van der Waals surface area contributed by atoms with Crippen LogP contribution in [-0.2, 0) is 57.2 Å². The van der Waals surface area contributed by atoms with E-state index >= 15 is 0 Å². The number of hydrogen-bond acceptors (Lipinski definition) is 20. The van der Waals surface area contributed by atoms with Crippen molar-refractivity contribution in [2.24, 2.45) is 4.99 Å². The van der Waals surface area contributed by atoms with Crippen LogP contribution in [0.5, 0.6) is 0 Å². The molecule has 14 rings (SSSR count). The highest BCUT2D eigenvalue weighted by molar-refractivity contribution is 6.32. The van der Waals surface area contributed by atoms with E-state index < -0.39 is 72.1 Å². The van der Waals surface area contributed by atoms with Crippen LogP contribution in [0.3, 0.4) is 0 Å². The van der Waals surface area contributed by atoms with Crippen molar-refractivity contribution in [1.82, 2.24) is 0 Å². The fourth-order valence-corrected chi connectivity index (χ4v) is 13.4. The van der Waals surface area contributed by atoms with Crippen molar-refractivity contribution in [1.29, 1.82) is 0 Å². The fraction of sp³-hybridized carbons (Fsp3) is 0.180. The van der Waals surface area contributed by atoms with Crippen molar-refractivity contribution in [3.05, 3.63) is 391 Å². The highest BCUT2D eigenvalue weighted by Crippen LogP contribution is 2.48. The molecule has 0 aromatic heterocycles. The summed E-state index contributed by atoms with van der Waals surface area (Å²) in [7, 11) is 0. The number of carbonyl (C=O) groups excluding carboxylic acids is 8. The van der Waals surface area contributed by atoms with Gasteiger partial charge in [0.05, 0.1) is 44.8 Å². The van der Waals surface area contributed by atoms with Crippen molar-refractivity contribution in [3.8, 4) is 0 Å². The van der Waals surface area contributed by atoms with Crippen LogP contribution in [0.4, 0.5) is 49.4 Å². The Bertz CT molecular complexity index is 5580. The van der Waals surface area contributed by atoms with Gasteiger partial charge in [0.2, 0.25) is 6.08 Å². The van der Waals surface area contributed by atoms with Gasteiger partial charge in [0, 0.05) is 75.4 Å². The number of nitrogens with two attached hydrogens (primary N) is 1. The molecule has 2 aliphatic rings. The number of epoxide rings is 1. The number of nitrogens with one attached hydrogen (secondary N) is 2. The number of aliphatic hydroxyl groups is 3. The van der Waals surface area contributed by atoms with Gasteiger partial charge in [-0.3, -0.25) is 14.7 Å². The topological polar surface area (TPSA) is 328 Å². The Morgan fingerprint density at radius 3 is 1.36 bits per heavy atom. The standard InChI is InChI=1S/C24H20Cl2N2O4.C24H22Cl2N2O4.C17H18ClNO3.C11H12O3.C11H12O2.C7H4ClNO.C6H6ClN/c1-2-32-22(29)24(31)21(16-6-4-3-5-7-16)27(19-12-8-17(25)9-13-19)23(30)28(24)20-14-10-18(26)11-15-20;1-2-32-23(30)22(29)21(16-6-4-3-5-7-16)28(20-14-10-18(26)11-15-20)24(31)27-19-12-8-17(25)9-13-19;1-2-22-17(21)16(20)15(12-6-4-3-5-7-12)19-14-10-8-13(18)9-11-14;1-2-13-11(12)10-9(14-10)8-6-4-3-5-7-8;1-2-13-11(12)9-8-10-6-4-3-5-7-10;8-6-1-3-7(4-2-6)9-5-10;7-5-1-3-6(8)4-2-5/h3-15,21,31H,2H2,1H3;3-15,21-22,29H,2H2,1H3,(H,27,31);3-11,15-16,19-20H,2H2,1H3;3-7,9-10H,2H2,1H3;3-9H,2H2,1H3;1-4H;1-4H,8H2/b;;;;9-8+;;. The molecule has 8 atom stereocenters. The molecule has 131 heavy (non-hydrogen) atoms. The highest BCUT2D eigenvalue weighted by atomic mass is 35.5. The van der Waals surface area contributed by atoms with Crippen LogP contribution in [-0.4, -0.2) is 120 Å². The Kier molecular flexibility index (Phi) is 42.6. The zero-order valence-electron chi connectivity index (χ0n) is 71.4. The Morgan fingerprint density at radius 2 is 0.893 bits per heavy atom. The summed E-state index contributed by atoms with van der Waals surface area (Å²) < 4.78 is 30.0. The summed E-state index contributed by atoms with van der Waals surface area (Å²) in [6.07, 6.45) is 1.16. The lowest BCUT2D eigenvalue weighted by Crippen LogP contribution is -2.56. The van der Waals surface area contributed by atoms with Gasteiger partial charge in [-0.2, -0.15) is 4.99 Å². The predicted molar refractivity (Wildman–Crippen MR) is 515 cm³/mol. The molecule has 7 N–H and O–H groups in total. The summed E-state index contributed by atoms with van der Waals surface area (Å²) in [6.45, 7) is 9.73. The van der Waals surface area contributed by atoms with Crippen molar-refractivity contribution >= 4 is 175 Å². The van der Waals surface area contributed by atoms with Gasteiger partial charge in [-0.05, 0) is 238 Å². The Morgan fingerprint density at radius 1 is 0.489 bits per heavy atom. The molecule has 12 aromatic carbocycles. The number of nitrogen functional groups attached to an aromatic ring is 1. The van der Waals surface area contributed by atoms with Gasteiger partial charge in [0.15, 0.2) is 18.3 Å². The molecule has 2 aliphatic heterocycles. The second kappa shape index (κ2) is 53.9.